The minimum absolute atomic E-state index is 0.104. The fraction of sp³-hybridized carbons (Fsp3) is 0.364. The maximum atomic E-state index is 13.0. The number of anilines is 1. The second-order valence-electron chi connectivity index (χ2n) is 7.29. The molecule has 0 radical (unpaired) electrons. The highest BCUT2D eigenvalue weighted by Crippen LogP contribution is 2.22. The first kappa shape index (κ1) is 22.0. The van der Waals surface area contributed by atoms with Gasteiger partial charge in [-0.15, -0.1) is 0 Å². The van der Waals surface area contributed by atoms with Crippen molar-refractivity contribution in [2.45, 2.75) is 43.5 Å². The predicted octanol–water partition coefficient (Wildman–Crippen LogP) is 2.55. The Labute approximate surface area is 177 Å². The van der Waals surface area contributed by atoms with Crippen LogP contribution in [-0.2, 0) is 26.0 Å². The van der Waals surface area contributed by atoms with Gasteiger partial charge in [0.1, 0.15) is 6.04 Å². The van der Waals surface area contributed by atoms with Crippen molar-refractivity contribution in [3.8, 4) is 0 Å². The van der Waals surface area contributed by atoms with Gasteiger partial charge in [-0.2, -0.15) is 4.31 Å². The van der Waals surface area contributed by atoms with Crippen LogP contribution in [0.5, 0.6) is 0 Å². The van der Waals surface area contributed by atoms with Crippen molar-refractivity contribution in [2.75, 3.05) is 18.4 Å². The van der Waals surface area contributed by atoms with E-state index < -0.39 is 27.9 Å². The fourth-order valence-electron chi connectivity index (χ4n) is 3.43. The second kappa shape index (κ2) is 9.86. The number of nitrogens with zero attached hydrogens (tertiary/aromatic N) is 1. The number of hydrogen-bond donors (Lipinski definition) is 2. The molecule has 2 N–H and O–H groups in total. The summed E-state index contributed by atoms with van der Waals surface area (Å²) in [6.45, 7) is 2.46. The molecular formula is C22H27N3O4S. The summed E-state index contributed by atoms with van der Waals surface area (Å²) in [4.78, 5) is 25.1. The third kappa shape index (κ3) is 5.25. The monoisotopic (exact) mass is 429 g/mol. The van der Waals surface area contributed by atoms with Crippen molar-refractivity contribution in [1.29, 1.82) is 0 Å². The van der Waals surface area contributed by atoms with E-state index in [0.717, 1.165) is 23.6 Å². The molecule has 1 aliphatic heterocycles. The third-order valence-electron chi connectivity index (χ3n) is 5.07. The summed E-state index contributed by atoms with van der Waals surface area (Å²) < 4.78 is 27.2. The molecule has 0 aliphatic carbocycles. The van der Waals surface area contributed by atoms with Gasteiger partial charge in [-0.25, -0.2) is 8.42 Å². The van der Waals surface area contributed by atoms with Gasteiger partial charge >= 0.3 is 0 Å². The molecule has 3 rings (SSSR count). The van der Waals surface area contributed by atoms with Crippen LogP contribution in [0, 0.1) is 0 Å². The van der Waals surface area contributed by atoms with Crippen molar-refractivity contribution in [3.63, 3.8) is 0 Å². The van der Waals surface area contributed by atoms with Gasteiger partial charge in [-0.05, 0) is 42.7 Å². The number of piperazine rings is 1. The third-order valence-corrected chi connectivity index (χ3v) is 6.99. The molecule has 1 heterocycles. The minimum Gasteiger partial charge on any atom is -0.353 e. The number of carbonyl (C=O) groups is 2. The molecule has 0 bridgehead atoms. The van der Waals surface area contributed by atoms with E-state index in [9.17, 15) is 18.0 Å². The molecule has 1 aliphatic rings. The highest BCUT2D eigenvalue weighted by molar-refractivity contribution is 7.89. The lowest BCUT2D eigenvalue weighted by Gasteiger charge is -2.33. The standard InChI is InChI=1S/C22H27N3O4S/c1-2-3-7-17-10-12-18(13-11-17)24-21(26)16-20-22(27)23-14-15-25(20)30(28,29)19-8-5-4-6-9-19/h4-6,8-13,20H,2-3,7,14-16H2,1H3,(H,23,27)(H,24,26)/t20-/m0/s1. The number of unbranched alkanes of at least 4 members (excludes halogenated alkanes) is 1. The van der Waals surface area contributed by atoms with Gasteiger partial charge in [-0.1, -0.05) is 43.7 Å². The number of benzene rings is 2. The number of amides is 2. The number of rotatable bonds is 8. The van der Waals surface area contributed by atoms with E-state index in [1.165, 1.54) is 17.7 Å². The van der Waals surface area contributed by atoms with E-state index in [-0.39, 0.29) is 24.4 Å². The molecule has 2 amide bonds. The first-order valence-corrected chi connectivity index (χ1v) is 11.6. The van der Waals surface area contributed by atoms with Crippen LogP contribution in [0.4, 0.5) is 5.69 Å². The van der Waals surface area contributed by atoms with Gasteiger partial charge in [0.15, 0.2) is 0 Å². The van der Waals surface area contributed by atoms with Crippen LogP contribution < -0.4 is 10.6 Å². The number of aryl methyl sites for hydroxylation is 1. The van der Waals surface area contributed by atoms with E-state index in [4.69, 9.17) is 0 Å². The first-order chi connectivity index (χ1) is 14.4. The van der Waals surface area contributed by atoms with Gasteiger partial charge in [0, 0.05) is 18.8 Å². The molecule has 0 spiro atoms. The lowest BCUT2D eigenvalue weighted by atomic mass is 10.1. The molecular weight excluding hydrogens is 402 g/mol. The Bertz CT molecular complexity index is 975. The lowest BCUT2D eigenvalue weighted by Crippen LogP contribution is -2.57. The molecule has 30 heavy (non-hydrogen) atoms. The molecule has 0 saturated carbocycles. The summed E-state index contributed by atoms with van der Waals surface area (Å²) >= 11 is 0. The molecule has 0 aromatic heterocycles. The van der Waals surface area contributed by atoms with Crippen LogP contribution in [0.1, 0.15) is 31.7 Å². The van der Waals surface area contributed by atoms with Crippen LogP contribution in [0.3, 0.4) is 0 Å². The van der Waals surface area contributed by atoms with Crippen LogP contribution in [0.25, 0.3) is 0 Å². The number of sulfonamides is 1. The van der Waals surface area contributed by atoms with Gasteiger partial charge in [0.05, 0.1) is 11.3 Å². The van der Waals surface area contributed by atoms with Gasteiger partial charge in [0.25, 0.3) is 0 Å². The van der Waals surface area contributed by atoms with Gasteiger partial charge in [-0.3, -0.25) is 9.59 Å². The maximum Gasteiger partial charge on any atom is 0.243 e. The van der Waals surface area contributed by atoms with Crippen LogP contribution >= 0.6 is 0 Å². The van der Waals surface area contributed by atoms with E-state index in [2.05, 4.69) is 17.6 Å². The minimum atomic E-state index is -3.88. The number of carbonyl (C=O) groups excluding carboxylic acids is 2. The lowest BCUT2D eigenvalue weighted by molar-refractivity contribution is -0.130. The van der Waals surface area contributed by atoms with Gasteiger partial charge < -0.3 is 10.6 Å². The van der Waals surface area contributed by atoms with Crippen LogP contribution in [0.2, 0.25) is 0 Å². The second-order valence-corrected chi connectivity index (χ2v) is 9.18. The van der Waals surface area contributed by atoms with Gasteiger partial charge in [0.2, 0.25) is 21.8 Å². The zero-order valence-corrected chi connectivity index (χ0v) is 17.8. The van der Waals surface area contributed by atoms with E-state index in [1.54, 1.807) is 18.2 Å². The number of hydrogen-bond acceptors (Lipinski definition) is 4. The molecule has 8 heteroatoms. The smallest absolute Gasteiger partial charge is 0.243 e. The van der Waals surface area contributed by atoms with Crippen molar-refractivity contribution >= 4 is 27.5 Å². The average Bonchev–Trinajstić information content (AvgIpc) is 2.75. The first-order valence-electron chi connectivity index (χ1n) is 10.1. The Balaban J connectivity index is 1.71. The fourth-order valence-corrected chi connectivity index (χ4v) is 5.04. The van der Waals surface area contributed by atoms with E-state index in [1.807, 2.05) is 24.3 Å². The number of nitrogens with one attached hydrogen (secondary N) is 2. The summed E-state index contributed by atoms with van der Waals surface area (Å²) in [5.41, 5.74) is 1.82. The Kier molecular flexibility index (Phi) is 7.23. The topological polar surface area (TPSA) is 95.6 Å². The molecule has 0 unspecified atom stereocenters. The highest BCUT2D eigenvalue weighted by Gasteiger charge is 2.39. The summed E-state index contributed by atoms with van der Waals surface area (Å²) in [7, 11) is -3.88. The van der Waals surface area contributed by atoms with Crippen molar-refractivity contribution in [3.05, 3.63) is 60.2 Å². The highest BCUT2D eigenvalue weighted by atomic mass is 32.2. The average molecular weight is 430 g/mol. The molecule has 2 aromatic rings. The van der Waals surface area contributed by atoms with Crippen molar-refractivity contribution < 1.29 is 18.0 Å². The van der Waals surface area contributed by atoms with Crippen LogP contribution in [0.15, 0.2) is 59.5 Å². The Morgan fingerprint density at radius 2 is 1.83 bits per heavy atom. The SMILES string of the molecule is CCCCc1ccc(NC(=O)C[C@H]2C(=O)NCCN2S(=O)(=O)c2ccccc2)cc1. The molecule has 1 atom stereocenters. The summed E-state index contributed by atoms with van der Waals surface area (Å²) in [6, 6.07) is 14.4. The zero-order valence-electron chi connectivity index (χ0n) is 17.0. The molecule has 1 fully saturated rings. The summed E-state index contributed by atoms with van der Waals surface area (Å²) in [6.07, 6.45) is 2.95. The largest absolute Gasteiger partial charge is 0.353 e. The quantitative estimate of drug-likeness (QED) is 0.674. The predicted molar refractivity (Wildman–Crippen MR) is 115 cm³/mol. The molecule has 160 valence electrons. The molecule has 1 saturated heterocycles. The Morgan fingerprint density at radius 3 is 2.50 bits per heavy atom. The van der Waals surface area contributed by atoms with Crippen molar-refractivity contribution in [1.82, 2.24) is 9.62 Å². The zero-order chi connectivity index (χ0) is 21.6. The Hall–Kier alpha value is -2.71. The normalized spacial score (nSPS) is 17.4. The molecule has 7 nitrogen and oxygen atoms in total. The summed E-state index contributed by atoms with van der Waals surface area (Å²) in [5, 5.41) is 5.42. The van der Waals surface area contributed by atoms with Crippen LogP contribution in [-0.4, -0.2) is 43.7 Å². The van der Waals surface area contributed by atoms with Crippen molar-refractivity contribution in [2.24, 2.45) is 0 Å². The summed E-state index contributed by atoms with van der Waals surface area (Å²) in [5.74, 6) is -0.877. The van der Waals surface area contributed by atoms with E-state index in [0.29, 0.717) is 5.69 Å². The van der Waals surface area contributed by atoms with E-state index >= 15 is 0 Å². The maximum absolute atomic E-state index is 13.0. The molecule has 2 aromatic carbocycles. The Morgan fingerprint density at radius 1 is 1.13 bits per heavy atom.